The maximum Gasteiger partial charge on any atom is 0.326 e. The molecule has 0 atom stereocenters. The Hall–Kier alpha value is -3.26. The number of anilines is 2. The largest absolute Gasteiger partial charge is 0.351 e. The Morgan fingerprint density at radius 1 is 1.16 bits per heavy atom. The monoisotopic (exact) mass is 461 g/mol. The van der Waals surface area contributed by atoms with E-state index in [2.05, 4.69) is 31.0 Å². The fourth-order valence-electron chi connectivity index (χ4n) is 3.62. The topological polar surface area (TPSA) is 154 Å². The van der Waals surface area contributed by atoms with Crippen molar-refractivity contribution >= 4 is 45.6 Å². The zero-order chi connectivity index (χ0) is 22.5. The van der Waals surface area contributed by atoms with Crippen LogP contribution in [0.25, 0.3) is 11.7 Å². The number of amides is 3. The SMILES string of the molecule is CCS(=O)(=O)N1CCN(c2nc(NC3CC3)n3ncc(/C=C4\NC(=O)NC4=O)c3n2)CC1. The van der Waals surface area contributed by atoms with Crippen molar-refractivity contribution in [1.29, 1.82) is 0 Å². The Bertz CT molecular complexity index is 1230. The number of nitrogens with zero attached hydrogens (tertiary/aromatic N) is 6. The van der Waals surface area contributed by atoms with Crippen LogP contribution in [-0.2, 0) is 14.8 Å². The zero-order valence-electron chi connectivity index (χ0n) is 17.4. The van der Waals surface area contributed by atoms with Crippen molar-refractivity contribution in [2.24, 2.45) is 0 Å². The summed E-state index contributed by atoms with van der Waals surface area (Å²) in [5, 5.41) is 12.3. The van der Waals surface area contributed by atoms with Crippen molar-refractivity contribution in [1.82, 2.24) is 34.5 Å². The lowest BCUT2D eigenvalue weighted by atomic mass is 10.2. The van der Waals surface area contributed by atoms with Crippen LogP contribution in [0.1, 0.15) is 25.3 Å². The molecule has 2 aliphatic heterocycles. The van der Waals surface area contributed by atoms with Crippen molar-refractivity contribution < 1.29 is 18.0 Å². The summed E-state index contributed by atoms with van der Waals surface area (Å²) >= 11 is 0. The van der Waals surface area contributed by atoms with Crippen LogP contribution in [0.5, 0.6) is 0 Å². The van der Waals surface area contributed by atoms with E-state index in [0.717, 1.165) is 12.8 Å². The van der Waals surface area contributed by atoms with Crippen molar-refractivity contribution in [3.8, 4) is 0 Å². The van der Waals surface area contributed by atoms with Gasteiger partial charge in [-0.1, -0.05) is 0 Å². The number of hydrogen-bond acceptors (Lipinski definition) is 9. The highest BCUT2D eigenvalue weighted by atomic mass is 32.2. The Morgan fingerprint density at radius 3 is 2.53 bits per heavy atom. The minimum atomic E-state index is -3.24. The van der Waals surface area contributed by atoms with E-state index >= 15 is 0 Å². The minimum absolute atomic E-state index is 0.0723. The van der Waals surface area contributed by atoms with E-state index in [9.17, 15) is 18.0 Å². The molecule has 32 heavy (non-hydrogen) atoms. The van der Waals surface area contributed by atoms with Crippen LogP contribution in [0.2, 0.25) is 0 Å². The maximum absolute atomic E-state index is 12.2. The number of carbonyl (C=O) groups is 2. The second kappa shape index (κ2) is 7.70. The Morgan fingerprint density at radius 2 is 1.91 bits per heavy atom. The molecule has 0 radical (unpaired) electrons. The zero-order valence-corrected chi connectivity index (χ0v) is 18.2. The molecule has 0 aromatic carbocycles. The lowest BCUT2D eigenvalue weighted by Gasteiger charge is -2.33. The summed E-state index contributed by atoms with van der Waals surface area (Å²) in [5.41, 5.74) is 1.13. The molecule has 1 saturated carbocycles. The summed E-state index contributed by atoms with van der Waals surface area (Å²) in [6.45, 7) is 3.27. The molecule has 5 rings (SSSR count). The molecule has 0 bridgehead atoms. The molecule has 0 unspecified atom stereocenters. The first-order valence-electron chi connectivity index (χ1n) is 10.4. The van der Waals surface area contributed by atoms with Gasteiger partial charge < -0.3 is 15.5 Å². The number of piperazine rings is 1. The van der Waals surface area contributed by atoms with E-state index in [1.54, 1.807) is 17.6 Å². The number of nitrogens with one attached hydrogen (secondary N) is 3. The molecule has 4 heterocycles. The van der Waals surface area contributed by atoms with Crippen molar-refractivity contribution in [3.05, 3.63) is 17.5 Å². The number of aromatic nitrogens is 4. The van der Waals surface area contributed by atoms with Gasteiger partial charge in [0.15, 0.2) is 5.65 Å². The van der Waals surface area contributed by atoms with Gasteiger partial charge in [0.25, 0.3) is 5.91 Å². The number of carbonyl (C=O) groups excluding carboxylic acids is 2. The van der Waals surface area contributed by atoms with Crippen LogP contribution < -0.4 is 20.9 Å². The fourth-order valence-corrected chi connectivity index (χ4v) is 4.70. The van der Waals surface area contributed by atoms with Crippen molar-refractivity contribution in [3.63, 3.8) is 0 Å². The van der Waals surface area contributed by atoms with Gasteiger partial charge in [-0.25, -0.2) is 13.2 Å². The number of urea groups is 1. The van der Waals surface area contributed by atoms with Crippen LogP contribution >= 0.6 is 0 Å². The van der Waals surface area contributed by atoms with Crippen LogP contribution in [0.15, 0.2) is 11.9 Å². The van der Waals surface area contributed by atoms with Crippen LogP contribution in [0.3, 0.4) is 0 Å². The smallest absolute Gasteiger partial charge is 0.326 e. The third kappa shape index (κ3) is 3.86. The summed E-state index contributed by atoms with van der Waals surface area (Å²) in [5.74, 6) is 0.534. The number of sulfonamides is 1. The Kier molecular flexibility index (Phi) is 4.97. The quantitative estimate of drug-likeness (QED) is 0.376. The van der Waals surface area contributed by atoms with Gasteiger partial charge in [-0.15, -0.1) is 0 Å². The summed E-state index contributed by atoms with van der Waals surface area (Å²) in [4.78, 5) is 34.6. The standard InChI is InChI=1S/C18H23N9O4S/c1-2-32(30,31)26-7-5-25(6-8-26)16-22-14-11(9-13-15(28)23-18(29)21-13)10-19-27(14)17(24-16)20-12-3-4-12/h9-10,12H,2-8H2,1H3,(H,20,22,24)(H2,21,23,28,29)/b13-9-. The van der Waals surface area contributed by atoms with E-state index in [1.807, 2.05) is 4.90 Å². The molecule has 14 heteroatoms. The van der Waals surface area contributed by atoms with Crippen LogP contribution in [-0.4, -0.2) is 82.2 Å². The lowest BCUT2D eigenvalue weighted by Crippen LogP contribution is -2.49. The third-order valence-electron chi connectivity index (χ3n) is 5.59. The molecule has 170 valence electrons. The summed E-state index contributed by atoms with van der Waals surface area (Å²) in [6, 6.07) is -0.262. The van der Waals surface area contributed by atoms with Gasteiger partial charge in [0.2, 0.25) is 21.9 Å². The summed E-state index contributed by atoms with van der Waals surface area (Å²) < 4.78 is 27.4. The van der Waals surface area contributed by atoms with Gasteiger partial charge in [0.1, 0.15) is 5.70 Å². The Balaban J connectivity index is 1.49. The second-order valence-corrected chi connectivity index (χ2v) is 10.1. The third-order valence-corrected chi connectivity index (χ3v) is 7.48. The van der Waals surface area contributed by atoms with Crippen LogP contribution in [0, 0.1) is 0 Å². The van der Waals surface area contributed by atoms with Gasteiger partial charge in [-0.05, 0) is 25.8 Å². The van der Waals surface area contributed by atoms with E-state index < -0.39 is 22.0 Å². The van der Waals surface area contributed by atoms with Crippen LogP contribution in [0.4, 0.5) is 16.7 Å². The minimum Gasteiger partial charge on any atom is -0.351 e. The first kappa shape index (κ1) is 20.6. The van der Waals surface area contributed by atoms with Gasteiger partial charge >= 0.3 is 6.03 Å². The molecule has 1 aliphatic carbocycles. The summed E-state index contributed by atoms with van der Waals surface area (Å²) in [7, 11) is -3.24. The van der Waals surface area contributed by atoms with E-state index in [4.69, 9.17) is 0 Å². The molecule has 2 aromatic heterocycles. The predicted octanol–water partition coefficient (Wildman–Crippen LogP) is -0.649. The highest BCUT2D eigenvalue weighted by molar-refractivity contribution is 7.89. The average molecular weight is 462 g/mol. The number of imide groups is 1. The molecule has 13 nitrogen and oxygen atoms in total. The number of hydrogen-bond donors (Lipinski definition) is 3. The van der Waals surface area contributed by atoms with Crippen molar-refractivity contribution in [2.45, 2.75) is 25.8 Å². The van der Waals surface area contributed by atoms with Crippen molar-refractivity contribution in [2.75, 3.05) is 42.1 Å². The molecule has 3 aliphatic rings. The number of fused-ring (bicyclic) bond motifs is 1. The Labute approximate surface area is 183 Å². The first-order chi connectivity index (χ1) is 15.3. The molecular weight excluding hydrogens is 438 g/mol. The van der Waals surface area contributed by atoms with Gasteiger partial charge in [-0.2, -0.15) is 23.9 Å². The second-order valence-electron chi connectivity index (χ2n) is 7.85. The van der Waals surface area contributed by atoms with Gasteiger partial charge in [0, 0.05) is 37.8 Å². The van der Waals surface area contributed by atoms with Gasteiger partial charge in [0.05, 0.1) is 11.9 Å². The maximum atomic E-state index is 12.2. The highest BCUT2D eigenvalue weighted by Gasteiger charge is 2.29. The lowest BCUT2D eigenvalue weighted by molar-refractivity contribution is -0.115. The molecule has 2 aromatic rings. The molecule has 3 N–H and O–H groups in total. The molecular formula is C18H23N9O4S. The fraction of sp³-hybridized carbons (Fsp3) is 0.500. The normalized spacial score (nSPS) is 21.3. The summed E-state index contributed by atoms with van der Waals surface area (Å²) in [6.07, 6.45) is 5.16. The van der Waals surface area contributed by atoms with Gasteiger partial charge in [-0.3, -0.25) is 10.1 Å². The molecule has 3 fully saturated rings. The van der Waals surface area contributed by atoms with E-state index in [-0.39, 0.29) is 11.4 Å². The average Bonchev–Trinajstić information content (AvgIpc) is 3.42. The molecule has 0 spiro atoms. The van der Waals surface area contributed by atoms with E-state index in [0.29, 0.717) is 55.3 Å². The predicted molar refractivity (Wildman–Crippen MR) is 115 cm³/mol. The first-order valence-corrected chi connectivity index (χ1v) is 12.0. The molecule has 3 amide bonds. The highest BCUT2D eigenvalue weighted by Crippen LogP contribution is 2.27. The number of rotatable bonds is 6. The molecule has 2 saturated heterocycles. The van der Waals surface area contributed by atoms with E-state index in [1.165, 1.54) is 10.4 Å².